The zero-order valence-electron chi connectivity index (χ0n) is 11.0. The van der Waals surface area contributed by atoms with Gasteiger partial charge in [0.2, 0.25) is 0 Å². The summed E-state index contributed by atoms with van der Waals surface area (Å²) in [4.78, 5) is 2.53. The van der Waals surface area contributed by atoms with Crippen molar-refractivity contribution in [2.75, 3.05) is 32.8 Å². The van der Waals surface area contributed by atoms with Crippen molar-refractivity contribution in [3.63, 3.8) is 0 Å². The quantitative estimate of drug-likeness (QED) is 0.202. The summed E-state index contributed by atoms with van der Waals surface area (Å²) in [7, 11) is 0. The van der Waals surface area contributed by atoms with E-state index in [0.29, 0.717) is 12.6 Å². The predicted molar refractivity (Wildman–Crippen MR) is 69.8 cm³/mol. The Balaban J connectivity index is 1.61. The molecule has 2 bridgehead atoms. The third kappa shape index (κ3) is 3.34. The van der Waals surface area contributed by atoms with Crippen LogP contribution in [0.5, 0.6) is 0 Å². The fourth-order valence-corrected chi connectivity index (χ4v) is 2.84. The molecule has 18 heavy (non-hydrogen) atoms. The molecule has 0 aromatic carbocycles. The number of fused-ring (bicyclic) bond motifs is 3. The Kier molecular flexibility index (Phi) is 4.79. The summed E-state index contributed by atoms with van der Waals surface area (Å²) in [6.45, 7) is 6.88. The summed E-state index contributed by atoms with van der Waals surface area (Å²) in [5.41, 5.74) is 5.44. The smallest absolute Gasteiger partial charge is 0.168 e. The van der Waals surface area contributed by atoms with Crippen LogP contribution in [-0.2, 0) is 4.74 Å². The highest BCUT2D eigenvalue weighted by molar-refractivity contribution is 5.83. The van der Waals surface area contributed by atoms with E-state index in [1.807, 2.05) is 0 Å². The second-order valence-corrected chi connectivity index (χ2v) is 5.24. The number of nitrogens with two attached hydrogens (primary N) is 1. The molecular weight excluding hydrogens is 232 g/mol. The summed E-state index contributed by atoms with van der Waals surface area (Å²) < 4.78 is 5.47. The maximum Gasteiger partial charge on any atom is 0.168 e. The molecule has 6 nitrogen and oxygen atoms in total. The minimum atomic E-state index is -0.330. The van der Waals surface area contributed by atoms with Crippen molar-refractivity contribution in [1.82, 2.24) is 10.2 Å². The van der Waals surface area contributed by atoms with Crippen LogP contribution in [0.2, 0.25) is 0 Å². The van der Waals surface area contributed by atoms with Gasteiger partial charge in [0, 0.05) is 19.1 Å². The van der Waals surface area contributed by atoms with Crippen LogP contribution >= 0.6 is 0 Å². The van der Waals surface area contributed by atoms with Crippen LogP contribution in [0.1, 0.15) is 19.8 Å². The van der Waals surface area contributed by atoms with Crippen molar-refractivity contribution >= 4 is 5.84 Å². The van der Waals surface area contributed by atoms with Gasteiger partial charge in [-0.2, -0.15) is 0 Å². The summed E-state index contributed by atoms with van der Waals surface area (Å²) in [6.07, 6.45) is 2.31. The van der Waals surface area contributed by atoms with Gasteiger partial charge in [0.05, 0.1) is 6.61 Å². The number of amidine groups is 1. The molecule has 2 atom stereocenters. The summed E-state index contributed by atoms with van der Waals surface area (Å²) in [5, 5.41) is 15.0. The molecule has 3 aliphatic rings. The fraction of sp³-hybridized carbons (Fsp3) is 0.917. The highest BCUT2D eigenvalue weighted by Gasteiger charge is 2.33. The first-order valence-electron chi connectivity index (χ1n) is 6.75. The number of rotatable bonds is 6. The number of oxime groups is 1. The lowest BCUT2D eigenvalue weighted by atomic mass is 9.84. The van der Waals surface area contributed by atoms with Gasteiger partial charge in [0.1, 0.15) is 6.10 Å². The topological polar surface area (TPSA) is 83.1 Å². The Labute approximate surface area is 108 Å². The molecule has 0 spiro atoms. The summed E-state index contributed by atoms with van der Waals surface area (Å²) in [5.74, 6) is 0.953. The van der Waals surface area contributed by atoms with E-state index in [1.54, 1.807) is 6.92 Å². The lowest BCUT2D eigenvalue weighted by Crippen LogP contribution is -2.56. The third-order valence-corrected chi connectivity index (χ3v) is 4.06. The molecule has 3 fully saturated rings. The molecule has 3 rings (SSSR count). The molecule has 0 amide bonds. The molecule has 3 saturated heterocycles. The molecule has 0 radical (unpaired) electrons. The van der Waals surface area contributed by atoms with Crippen LogP contribution in [0.25, 0.3) is 0 Å². The van der Waals surface area contributed by atoms with E-state index in [4.69, 9.17) is 15.7 Å². The van der Waals surface area contributed by atoms with Gasteiger partial charge in [0.25, 0.3) is 0 Å². The summed E-state index contributed by atoms with van der Waals surface area (Å²) >= 11 is 0. The van der Waals surface area contributed by atoms with Crippen molar-refractivity contribution < 1.29 is 9.94 Å². The SMILES string of the molecule is CC(OCCNC1CN2CCC1CC2)C(N)=NO. The average molecular weight is 256 g/mol. The Morgan fingerprint density at radius 1 is 1.56 bits per heavy atom. The number of hydrogen-bond donors (Lipinski definition) is 3. The second kappa shape index (κ2) is 6.36. The third-order valence-electron chi connectivity index (χ3n) is 4.06. The number of ether oxygens (including phenoxy) is 1. The van der Waals surface area contributed by atoms with Gasteiger partial charge >= 0.3 is 0 Å². The highest BCUT2D eigenvalue weighted by atomic mass is 16.5. The molecule has 0 aromatic rings. The number of nitrogens with zero attached hydrogens (tertiary/aromatic N) is 2. The zero-order chi connectivity index (χ0) is 13.0. The standard InChI is InChI=1S/C12H24N4O2/c1-9(12(13)15-17)18-7-4-14-11-8-16-5-2-10(11)3-6-16/h9-11,14,17H,2-8H2,1H3,(H2,13,15). The lowest BCUT2D eigenvalue weighted by molar-refractivity contribution is 0.0608. The van der Waals surface area contributed by atoms with Crippen LogP contribution < -0.4 is 11.1 Å². The van der Waals surface area contributed by atoms with Crippen LogP contribution in [0, 0.1) is 5.92 Å². The monoisotopic (exact) mass is 256 g/mol. The van der Waals surface area contributed by atoms with E-state index in [2.05, 4.69) is 15.4 Å². The second-order valence-electron chi connectivity index (χ2n) is 5.24. The molecule has 0 saturated carbocycles. The maximum absolute atomic E-state index is 8.50. The van der Waals surface area contributed by atoms with Gasteiger partial charge in [0.15, 0.2) is 5.84 Å². The number of hydrogen-bond acceptors (Lipinski definition) is 5. The predicted octanol–water partition coefficient (Wildman–Crippen LogP) is -0.178. The van der Waals surface area contributed by atoms with Crippen LogP contribution in [0.4, 0.5) is 0 Å². The Morgan fingerprint density at radius 3 is 2.83 bits per heavy atom. The molecule has 3 heterocycles. The van der Waals surface area contributed by atoms with Gasteiger partial charge in [-0.3, -0.25) is 0 Å². The molecule has 0 aromatic heterocycles. The highest BCUT2D eigenvalue weighted by Crippen LogP contribution is 2.27. The normalized spacial score (nSPS) is 33.6. The first-order chi connectivity index (χ1) is 8.70. The van der Waals surface area contributed by atoms with Gasteiger partial charge in [-0.05, 0) is 38.8 Å². The number of piperidine rings is 3. The first kappa shape index (κ1) is 13.6. The van der Waals surface area contributed by atoms with E-state index in [9.17, 15) is 0 Å². The van der Waals surface area contributed by atoms with Gasteiger partial charge in [-0.25, -0.2) is 0 Å². The van der Waals surface area contributed by atoms with E-state index in [0.717, 1.165) is 12.5 Å². The van der Waals surface area contributed by atoms with E-state index in [1.165, 1.54) is 32.5 Å². The van der Waals surface area contributed by atoms with Crippen molar-refractivity contribution in [2.24, 2.45) is 16.8 Å². The molecule has 4 N–H and O–H groups in total. The fourth-order valence-electron chi connectivity index (χ4n) is 2.84. The van der Waals surface area contributed by atoms with Gasteiger partial charge in [-0.1, -0.05) is 5.16 Å². The lowest BCUT2D eigenvalue weighted by Gasteiger charge is -2.45. The molecule has 3 aliphatic heterocycles. The van der Waals surface area contributed by atoms with Crippen LogP contribution in [0.15, 0.2) is 5.16 Å². The zero-order valence-corrected chi connectivity index (χ0v) is 11.0. The van der Waals surface area contributed by atoms with Gasteiger partial charge in [-0.15, -0.1) is 0 Å². The minimum Gasteiger partial charge on any atom is -0.409 e. The minimum absolute atomic E-state index is 0.123. The number of nitrogens with one attached hydrogen (secondary N) is 1. The summed E-state index contributed by atoms with van der Waals surface area (Å²) in [6, 6.07) is 0.607. The van der Waals surface area contributed by atoms with E-state index >= 15 is 0 Å². The molecule has 6 heteroatoms. The van der Waals surface area contributed by atoms with Crippen LogP contribution in [-0.4, -0.2) is 60.9 Å². The Morgan fingerprint density at radius 2 is 2.28 bits per heavy atom. The van der Waals surface area contributed by atoms with E-state index in [-0.39, 0.29) is 11.9 Å². The Hall–Kier alpha value is -0.850. The largest absolute Gasteiger partial charge is 0.409 e. The Bertz CT molecular complexity index is 290. The van der Waals surface area contributed by atoms with Gasteiger partial charge < -0.3 is 25.9 Å². The maximum atomic E-state index is 8.50. The molecule has 104 valence electrons. The van der Waals surface area contributed by atoms with Crippen molar-refractivity contribution in [1.29, 1.82) is 0 Å². The van der Waals surface area contributed by atoms with Crippen molar-refractivity contribution in [3.8, 4) is 0 Å². The molecule has 0 aliphatic carbocycles. The van der Waals surface area contributed by atoms with Crippen LogP contribution in [0.3, 0.4) is 0 Å². The molecule has 2 unspecified atom stereocenters. The first-order valence-corrected chi connectivity index (χ1v) is 6.75. The van der Waals surface area contributed by atoms with E-state index < -0.39 is 0 Å². The molecular formula is C12H24N4O2. The average Bonchev–Trinajstić information content (AvgIpc) is 2.43. The van der Waals surface area contributed by atoms with Crippen molar-refractivity contribution in [3.05, 3.63) is 0 Å². The van der Waals surface area contributed by atoms with Crippen molar-refractivity contribution in [2.45, 2.75) is 31.9 Å².